The third-order valence-corrected chi connectivity index (χ3v) is 3.87. The van der Waals surface area contributed by atoms with E-state index in [1.165, 1.54) is 24.4 Å². The van der Waals surface area contributed by atoms with Crippen LogP contribution in [0.3, 0.4) is 0 Å². The first-order valence-corrected chi connectivity index (χ1v) is 6.68. The molecule has 1 heterocycles. The van der Waals surface area contributed by atoms with Crippen LogP contribution in [0.15, 0.2) is 30.4 Å². The summed E-state index contributed by atoms with van der Waals surface area (Å²) in [7, 11) is 3.07. The van der Waals surface area contributed by atoms with Crippen molar-refractivity contribution in [2.24, 2.45) is 0 Å². The van der Waals surface area contributed by atoms with E-state index in [4.69, 9.17) is 4.74 Å². The number of H-pyrrole nitrogens is 1. The molecule has 2 aromatic rings. The van der Waals surface area contributed by atoms with E-state index >= 15 is 0 Å². The molecule has 104 valence electrons. The number of aromatic nitrogens is 1. The van der Waals surface area contributed by atoms with Crippen LogP contribution in [0.1, 0.15) is 23.6 Å². The molecule has 3 rings (SSSR count). The van der Waals surface area contributed by atoms with Crippen LogP contribution < -0.4 is 4.74 Å². The van der Waals surface area contributed by atoms with Crippen LogP contribution in [0.5, 0.6) is 5.75 Å². The summed E-state index contributed by atoms with van der Waals surface area (Å²) in [4.78, 5) is 14.7. The Hall–Kier alpha value is -2.23. The number of hydrogen-bond acceptors (Lipinski definition) is 3. The minimum atomic E-state index is -0.315. The summed E-state index contributed by atoms with van der Waals surface area (Å²) >= 11 is 0. The van der Waals surface area contributed by atoms with E-state index in [-0.39, 0.29) is 11.9 Å². The summed E-state index contributed by atoms with van der Waals surface area (Å²) in [5.41, 5.74) is 3.58. The third kappa shape index (κ3) is 1.97. The fraction of sp³-hybridized carbons (Fsp3) is 0.312. The van der Waals surface area contributed by atoms with Gasteiger partial charge in [-0.1, -0.05) is 12.1 Å². The zero-order valence-corrected chi connectivity index (χ0v) is 11.6. The summed E-state index contributed by atoms with van der Waals surface area (Å²) in [6.07, 6.45) is 5.43. The molecule has 0 bridgehead atoms. The van der Waals surface area contributed by atoms with E-state index in [2.05, 4.69) is 15.8 Å². The molecule has 0 fully saturated rings. The number of fused-ring (bicyclic) bond motifs is 3. The highest BCUT2D eigenvalue weighted by Crippen LogP contribution is 2.42. The quantitative estimate of drug-likeness (QED) is 0.689. The number of allylic oxidation sites excluding steroid dienone is 1. The molecule has 4 nitrogen and oxygen atoms in total. The Labute approximate surface area is 117 Å². The minimum Gasteiger partial charge on any atom is -0.496 e. The molecule has 1 aliphatic carbocycles. The van der Waals surface area contributed by atoms with Gasteiger partial charge in [0.15, 0.2) is 0 Å². The van der Waals surface area contributed by atoms with E-state index in [1.54, 1.807) is 7.11 Å². The molecule has 1 N–H and O–H groups in total. The van der Waals surface area contributed by atoms with Gasteiger partial charge in [-0.25, -0.2) is 4.79 Å². The second kappa shape index (κ2) is 5.04. The van der Waals surface area contributed by atoms with E-state index < -0.39 is 0 Å². The Morgan fingerprint density at radius 2 is 2.25 bits per heavy atom. The maximum absolute atomic E-state index is 11.3. The summed E-state index contributed by atoms with van der Waals surface area (Å²) in [5, 5.41) is 1.13. The lowest BCUT2D eigenvalue weighted by atomic mass is 9.99. The fourth-order valence-electron chi connectivity index (χ4n) is 2.97. The average Bonchev–Trinajstić information content (AvgIpc) is 3.03. The summed E-state index contributed by atoms with van der Waals surface area (Å²) < 4.78 is 10.1. The molecule has 1 unspecified atom stereocenters. The van der Waals surface area contributed by atoms with Crippen molar-refractivity contribution >= 4 is 16.9 Å². The van der Waals surface area contributed by atoms with Crippen molar-refractivity contribution in [1.82, 2.24) is 4.98 Å². The topological polar surface area (TPSA) is 51.3 Å². The lowest BCUT2D eigenvalue weighted by Crippen LogP contribution is -1.96. The number of methoxy groups -OCH3 is 2. The number of ether oxygens (including phenoxy) is 2. The summed E-state index contributed by atoms with van der Waals surface area (Å²) in [6.45, 7) is 0. The molecule has 0 amide bonds. The molecular formula is C16H17NO3. The summed E-state index contributed by atoms with van der Waals surface area (Å²) in [5.74, 6) is 0.790. The minimum absolute atomic E-state index is 0.231. The molecule has 1 aliphatic rings. The van der Waals surface area contributed by atoms with Crippen molar-refractivity contribution < 1.29 is 14.3 Å². The smallest absolute Gasteiger partial charge is 0.330 e. The highest BCUT2D eigenvalue weighted by molar-refractivity contribution is 5.92. The van der Waals surface area contributed by atoms with Crippen LogP contribution in [0.25, 0.3) is 10.9 Å². The molecule has 0 saturated heterocycles. The first-order valence-electron chi connectivity index (χ1n) is 6.68. The van der Waals surface area contributed by atoms with Gasteiger partial charge < -0.3 is 14.5 Å². The molecule has 0 spiro atoms. The van der Waals surface area contributed by atoms with Crippen molar-refractivity contribution in [2.75, 3.05) is 14.2 Å². The second-order valence-electron chi connectivity index (χ2n) is 4.93. The predicted molar refractivity (Wildman–Crippen MR) is 77.1 cm³/mol. The Kier molecular flexibility index (Phi) is 3.22. The van der Waals surface area contributed by atoms with E-state index in [9.17, 15) is 4.79 Å². The van der Waals surface area contributed by atoms with Crippen LogP contribution in [-0.2, 0) is 16.0 Å². The Bertz CT molecular complexity index is 684. The third-order valence-electron chi connectivity index (χ3n) is 3.87. The van der Waals surface area contributed by atoms with E-state index in [0.29, 0.717) is 0 Å². The molecular weight excluding hydrogens is 254 g/mol. The number of carbonyl (C=O) groups excluding carboxylic acids is 1. The number of carbonyl (C=O) groups is 1. The zero-order valence-electron chi connectivity index (χ0n) is 11.6. The zero-order chi connectivity index (χ0) is 14.1. The van der Waals surface area contributed by atoms with Gasteiger partial charge in [0.2, 0.25) is 0 Å². The first-order chi connectivity index (χ1) is 9.74. The molecule has 1 aromatic heterocycles. The number of benzene rings is 1. The van der Waals surface area contributed by atoms with E-state index in [1.807, 2.05) is 18.2 Å². The maximum Gasteiger partial charge on any atom is 0.330 e. The molecule has 1 atom stereocenters. The van der Waals surface area contributed by atoms with Gasteiger partial charge >= 0.3 is 5.97 Å². The summed E-state index contributed by atoms with van der Waals surface area (Å²) in [6, 6.07) is 6.00. The normalized spacial score (nSPS) is 17.6. The predicted octanol–water partition coefficient (Wildman–Crippen LogP) is 2.94. The number of aryl methyl sites for hydroxylation is 1. The number of aromatic amines is 1. The highest BCUT2D eigenvalue weighted by Gasteiger charge is 2.26. The van der Waals surface area contributed by atoms with Crippen LogP contribution in [0.2, 0.25) is 0 Å². The van der Waals surface area contributed by atoms with Gasteiger partial charge in [0, 0.05) is 28.6 Å². The van der Waals surface area contributed by atoms with Gasteiger partial charge in [-0.3, -0.25) is 0 Å². The van der Waals surface area contributed by atoms with Crippen molar-refractivity contribution in [3.05, 3.63) is 41.6 Å². The number of esters is 1. The largest absolute Gasteiger partial charge is 0.496 e. The van der Waals surface area contributed by atoms with Gasteiger partial charge in [0.05, 0.1) is 14.2 Å². The standard InChI is InChI=1S/C16H17NO3/c1-19-13-5-3-4-11-16(13)15-10(6-8-12(15)17-11)7-9-14(18)20-2/h3-5,7,9-10,17H,6,8H2,1-2H3/b9-7-. The van der Waals surface area contributed by atoms with Crippen LogP contribution in [-0.4, -0.2) is 25.2 Å². The first kappa shape index (κ1) is 12.8. The Morgan fingerprint density at radius 1 is 1.40 bits per heavy atom. The monoisotopic (exact) mass is 271 g/mol. The van der Waals surface area contributed by atoms with Crippen molar-refractivity contribution in [3.63, 3.8) is 0 Å². The lowest BCUT2D eigenvalue weighted by molar-refractivity contribution is -0.134. The van der Waals surface area contributed by atoms with Crippen molar-refractivity contribution in [2.45, 2.75) is 18.8 Å². The van der Waals surface area contributed by atoms with Gasteiger partial charge in [-0.2, -0.15) is 0 Å². The van der Waals surface area contributed by atoms with Gasteiger partial charge in [-0.15, -0.1) is 0 Å². The SMILES string of the molecule is COC(=O)/C=C\C1CCc2[nH]c3cccc(OC)c3c21. The molecule has 0 radical (unpaired) electrons. The number of rotatable bonds is 3. The molecule has 1 aromatic carbocycles. The van der Waals surface area contributed by atoms with Crippen LogP contribution >= 0.6 is 0 Å². The van der Waals surface area contributed by atoms with Gasteiger partial charge in [0.25, 0.3) is 0 Å². The molecule has 0 aliphatic heterocycles. The molecule has 4 heteroatoms. The van der Waals surface area contributed by atoms with Crippen molar-refractivity contribution in [1.29, 1.82) is 0 Å². The number of nitrogens with one attached hydrogen (secondary N) is 1. The Morgan fingerprint density at radius 3 is 3.00 bits per heavy atom. The highest BCUT2D eigenvalue weighted by atomic mass is 16.5. The second-order valence-corrected chi connectivity index (χ2v) is 4.93. The van der Waals surface area contributed by atoms with Gasteiger partial charge in [-0.05, 0) is 30.5 Å². The van der Waals surface area contributed by atoms with Gasteiger partial charge in [0.1, 0.15) is 5.75 Å². The van der Waals surface area contributed by atoms with Crippen molar-refractivity contribution in [3.8, 4) is 5.75 Å². The Balaban J connectivity index is 2.07. The molecule has 20 heavy (non-hydrogen) atoms. The fourth-order valence-corrected chi connectivity index (χ4v) is 2.97. The maximum atomic E-state index is 11.3. The molecule has 0 saturated carbocycles. The van der Waals surface area contributed by atoms with Crippen LogP contribution in [0, 0.1) is 0 Å². The van der Waals surface area contributed by atoms with Crippen LogP contribution in [0.4, 0.5) is 0 Å². The van der Waals surface area contributed by atoms with E-state index in [0.717, 1.165) is 29.5 Å². The lowest BCUT2D eigenvalue weighted by Gasteiger charge is -2.08. The average molecular weight is 271 g/mol. The number of hydrogen-bond donors (Lipinski definition) is 1.